The third-order valence-corrected chi connectivity index (χ3v) is 3.55. The normalized spacial score (nSPS) is 10.9. The molecule has 2 heterocycles. The van der Waals surface area contributed by atoms with E-state index in [0.717, 1.165) is 22.6 Å². The van der Waals surface area contributed by atoms with Gasteiger partial charge in [-0.1, -0.05) is 30.3 Å². The Bertz CT molecular complexity index is 782. The van der Waals surface area contributed by atoms with Crippen LogP contribution in [0.5, 0.6) is 0 Å². The maximum absolute atomic E-state index is 5.34. The van der Waals surface area contributed by atoms with Crippen molar-refractivity contribution in [3.8, 4) is 11.4 Å². The second kappa shape index (κ2) is 5.05. The number of benzene rings is 1. The molecule has 6 heteroatoms. The molecule has 0 saturated carbocycles. The molecule has 102 valence electrons. The van der Waals surface area contributed by atoms with Crippen LogP contribution in [0.3, 0.4) is 0 Å². The maximum Gasteiger partial charge on any atom is 0.195 e. The van der Waals surface area contributed by atoms with Gasteiger partial charge < -0.3 is 0 Å². The number of H-pyrrole nitrogens is 1. The molecule has 0 bridgehead atoms. The molecular weight excluding hydrogens is 270 g/mol. The van der Waals surface area contributed by atoms with E-state index in [0.29, 0.717) is 11.3 Å². The Balaban J connectivity index is 2.04. The van der Waals surface area contributed by atoms with E-state index in [-0.39, 0.29) is 0 Å². The van der Waals surface area contributed by atoms with Crippen LogP contribution in [-0.2, 0) is 13.6 Å². The summed E-state index contributed by atoms with van der Waals surface area (Å²) in [4.78, 5) is 0. The molecule has 0 radical (unpaired) electrons. The van der Waals surface area contributed by atoms with Crippen LogP contribution >= 0.6 is 12.2 Å². The first-order valence-corrected chi connectivity index (χ1v) is 6.75. The highest BCUT2D eigenvalue weighted by Crippen LogP contribution is 2.18. The fourth-order valence-electron chi connectivity index (χ4n) is 2.25. The molecule has 0 aliphatic carbocycles. The SMILES string of the molecule is Cc1nn(C)cc1Cn1c(-c2ccccc2)n[nH]c1=S. The lowest BCUT2D eigenvalue weighted by atomic mass is 10.2. The van der Waals surface area contributed by atoms with E-state index in [9.17, 15) is 0 Å². The van der Waals surface area contributed by atoms with Crippen molar-refractivity contribution in [1.29, 1.82) is 0 Å². The van der Waals surface area contributed by atoms with E-state index in [1.165, 1.54) is 0 Å². The number of aromatic nitrogens is 5. The van der Waals surface area contributed by atoms with Crippen molar-refractivity contribution in [1.82, 2.24) is 24.5 Å². The summed E-state index contributed by atoms with van der Waals surface area (Å²) in [6.45, 7) is 2.67. The van der Waals surface area contributed by atoms with E-state index in [4.69, 9.17) is 12.2 Å². The smallest absolute Gasteiger partial charge is 0.195 e. The van der Waals surface area contributed by atoms with Gasteiger partial charge in [-0.15, -0.1) is 0 Å². The van der Waals surface area contributed by atoms with Gasteiger partial charge in [-0.3, -0.25) is 14.3 Å². The van der Waals surface area contributed by atoms with Crippen molar-refractivity contribution < 1.29 is 0 Å². The van der Waals surface area contributed by atoms with Gasteiger partial charge in [0.2, 0.25) is 0 Å². The van der Waals surface area contributed by atoms with Gasteiger partial charge in [-0.05, 0) is 19.1 Å². The number of nitrogens with one attached hydrogen (secondary N) is 1. The molecule has 0 unspecified atom stereocenters. The third-order valence-electron chi connectivity index (χ3n) is 3.23. The zero-order valence-corrected chi connectivity index (χ0v) is 12.2. The highest BCUT2D eigenvalue weighted by Gasteiger charge is 2.11. The molecule has 2 aromatic heterocycles. The number of rotatable bonds is 3. The van der Waals surface area contributed by atoms with Gasteiger partial charge in [-0.2, -0.15) is 10.2 Å². The Kier molecular flexibility index (Phi) is 3.23. The number of hydrogen-bond donors (Lipinski definition) is 1. The standard InChI is InChI=1S/C14H15N5S/c1-10-12(8-18(2)17-10)9-19-13(15-16-14(19)20)11-6-4-3-5-7-11/h3-8H,9H2,1-2H3,(H,16,20). The molecule has 1 aromatic carbocycles. The van der Waals surface area contributed by atoms with Gasteiger partial charge in [0.1, 0.15) is 0 Å². The first-order valence-electron chi connectivity index (χ1n) is 6.35. The predicted octanol–water partition coefficient (Wildman–Crippen LogP) is 2.70. The van der Waals surface area contributed by atoms with E-state index in [1.54, 1.807) is 0 Å². The summed E-state index contributed by atoms with van der Waals surface area (Å²) in [7, 11) is 1.92. The average Bonchev–Trinajstić information content (AvgIpc) is 2.95. The fourth-order valence-corrected chi connectivity index (χ4v) is 2.44. The zero-order valence-electron chi connectivity index (χ0n) is 11.4. The van der Waals surface area contributed by atoms with E-state index in [2.05, 4.69) is 15.3 Å². The van der Waals surface area contributed by atoms with Crippen molar-refractivity contribution in [2.45, 2.75) is 13.5 Å². The minimum Gasteiger partial charge on any atom is -0.296 e. The maximum atomic E-state index is 5.34. The Hall–Kier alpha value is -2.21. The highest BCUT2D eigenvalue weighted by atomic mass is 32.1. The summed E-state index contributed by atoms with van der Waals surface area (Å²) in [6, 6.07) is 10.0. The summed E-state index contributed by atoms with van der Waals surface area (Å²) in [5.41, 5.74) is 3.19. The molecular formula is C14H15N5S. The second-order valence-corrected chi connectivity index (χ2v) is 5.10. The van der Waals surface area contributed by atoms with Crippen LogP contribution in [0, 0.1) is 11.7 Å². The summed E-state index contributed by atoms with van der Waals surface area (Å²) in [5.74, 6) is 0.846. The summed E-state index contributed by atoms with van der Waals surface area (Å²) < 4.78 is 4.43. The molecule has 1 N–H and O–H groups in total. The molecule has 3 aromatic rings. The van der Waals surface area contributed by atoms with E-state index in [1.807, 2.05) is 59.7 Å². The topological polar surface area (TPSA) is 51.4 Å². The van der Waals surface area contributed by atoms with Crippen molar-refractivity contribution in [3.63, 3.8) is 0 Å². The van der Waals surface area contributed by atoms with Gasteiger partial charge in [0.25, 0.3) is 0 Å². The van der Waals surface area contributed by atoms with E-state index < -0.39 is 0 Å². The average molecular weight is 285 g/mol. The quantitative estimate of drug-likeness (QED) is 0.753. The van der Waals surface area contributed by atoms with Crippen molar-refractivity contribution in [2.75, 3.05) is 0 Å². The third kappa shape index (κ3) is 2.30. The molecule has 0 aliphatic rings. The predicted molar refractivity (Wildman–Crippen MR) is 79.9 cm³/mol. The zero-order chi connectivity index (χ0) is 14.1. The first kappa shape index (κ1) is 12.8. The van der Waals surface area contributed by atoms with Crippen LogP contribution in [-0.4, -0.2) is 24.5 Å². The summed E-state index contributed by atoms with van der Waals surface area (Å²) in [6.07, 6.45) is 2.01. The number of aryl methyl sites for hydroxylation is 2. The van der Waals surface area contributed by atoms with Crippen LogP contribution in [0.2, 0.25) is 0 Å². The second-order valence-electron chi connectivity index (χ2n) is 4.72. The molecule has 0 atom stereocenters. The van der Waals surface area contributed by atoms with Gasteiger partial charge in [0.15, 0.2) is 10.6 Å². The van der Waals surface area contributed by atoms with Crippen LogP contribution in [0.4, 0.5) is 0 Å². The molecule has 0 amide bonds. The monoisotopic (exact) mass is 285 g/mol. The molecule has 20 heavy (non-hydrogen) atoms. The lowest BCUT2D eigenvalue weighted by Crippen LogP contribution is -2.03. The summed E-state index contributed by atoms with van der Waals surface area (Å²) >= 11 is 5.34. The minimum atomic E-state index is 0.618. The van der Waals surface area contributed by atoms with Crippen LogP contribution in [0.25, 0.3) is 11.4 Å². The Morgan fingerprint density at radius 3 is 2.65 bits per heavy atom. The lowest BCUT2D eigenvalue weighted by molar-refractivity contribution is 0.755. The Morgan fingerprint density at radius 2 is 2.00 bits per heavy atom. The number of nitrogens with zero attached hydrogens (tertiary/aromatic N) is 4. The first-order chi connectivity index (χ1) is 9.65. The van der Waals surface area contributed by atoms with Crippen molar-refractivity contribution in [2.24, 2.45) is 7.05 Å². The van der Waals surface area contributed by atoms with Gasteiger partial charge in [0, 0.05) is 24.4 Å². The molecule has 5 nitrogen and oxygen atoms in total. The van der Waals surface area contributed by atoms with Gasteiger partial charge in [-0.25, -0.2) is 0 Å². The van der Waals surface area contributed by atoms with Crippen LogP contribution < -0.4 is 0 Å². The van der Waals surface area contributed by atoms with Crippen molar-refractivity contribution >= 4 is 12.2 Å². The van der Waals surface area contributed by atoms with E-state index >= 15 is 0 Å². The molecule has 3 rings (SSSR count). The molecule has 0 fully saturated rings. The fraction of sp³-hybridized carbons (Fsp3) is 0.214. The van der Waals surface area contributed by atoms with Crippen molar-refractivity contribution in [3.05, 3.63) is 52.6 Å². The largest absolute Gasteiger partial charge is 0.296 e. The van der Waals surface area contributed by atoms with Gasteiger partial charge >= 0.3 is 0 Å². The van der Waals surface area contributed by atoms with Crippen LogP contribution in [0.15, 0.2) is 36.5 Å². The van der Waals surface area contributed by atoms with Gasteiger partial charge in [0.05, 0.1) is 12.2 Å². The van der Waals surface area contributed by atoms with Crippen LogP contribution in [0.1, 0.15) is 11.3 Å². The number of aromatic amines is 1. The number of hydrogen-bond acceptors (Lipinski definition) is 3. The lowest BCUT2D eigenvalue weighted by Gasteiger charge is -2.06. The Morgan fingerprint density at radius 1 is 1.25 bits per heavy atom. The Labute approximate surface area is 121 Å². The summed E-state index contributed by atoms with van der Waals surface area (Å²) in [5, 5.41) is 11.6. The molecule has 0 spiro atoms. The molecule has 0 saturated heterocycles. The highest BCUT2D eigenvalue weighted by molar-refractivity contribution is 7.71. The molecule has 0 aliphatic heterocycles. The minimum absolute atomic E-state index is 0.618.